The average Bonchev–Trinajstić information content (AvgIpc) is 2.39. The van der Waals surface area contributed by atoms with Gasteiger partial charge in [0.15, 0.2) is 0 Å². The first kappa shape index (κ1) is 12.8. The molecular weight excluding hydrogens is 225 g/mol. The quantitative estimate of drug-likeness (QED) is 0.873. The third kappa shape index (κ3) is 2.59. The lowest BCUT2D eigenvalue weighted by Crippen LogP contribution is -2.27. The predicted molar refractivity (Wildman–Crippen MR) is 73.9 cm³/mol. The number of hydrogen-bond donors (Lipinski definition) is 1. The van der Waals surface area contributed by atoms with Crippen LogP contribution >= 0.6 is 0 Å². The molecule has 2 aromatic rings. The standard InChI is InChI=1S/C16H18FN/c1-16(2,11-18)14-8-6-12(7-9-14)13-4-3-5-15(17)10-13/h3-10H,11,18H2,1-2H3. The number of halogens is 1. The van der Waals surface area contributed by atoms with E-state index in [2.05, 4.69) is 26.0 Å². The van der Waals surface area contributed by atoms with Crippen LogP contribution in [-0.4, -0.2) is 6.54 Å². The molecule has 0 aromatic heterocycles. The fraction of sp³-hybridized carbons (Fsp3) is 0.250. The molecule has 0 saturated carbocycles. The molecule has 0 spiro atoms. The van der Waals surface area contributed by atoms with Gasteiger partial charge in [-0.25, -0.2) is 4.39 Å². The Balaban J connectivity index is 2.33. The smallest absolute Gasteiger partial charge is 0.123 e. The van der Waals surface area contributed by atoms with Crippen LogP contribution < -0.4 is 5.73 Å². The van der Waals surface area contributed by atoms with Gasteiger partial charge in [-0.3, -0.25) is 0 Å². The Kier molecular flexibility index (Phi) is 3.48. The predicted octanol–water partition coefficient (Wildman–Crippen LogP) is 3.73. The molecule has 2 rings (SSSR count). The molecule has 18 heavy (non-hydrogen) atoms. The van der Waals surface area contributed by atoms with Gasteiger partial charge in [-0.15, -0.1) is 0 Å². The molecule has 2 heteroatoms. The van der Waals surface area contributed by atoms with Crippen LogP contribution in [0.5, 0.6) is 0 Å². The van der Waals surface area contributed by atoms with Crippen molar-refractivity contribution >= 4 is 0 Å². The first-order valence-electron chi connectivity index (χ1n) is 6.09. The second-order valence-corrected chi connectivity index (χ2v) is 5.18. The third-order valence-electron chi connectivity index (χ3n) is 3.33. The van der Waals surface area contributed by atoms with Gasteiger partial charge in [-0.1, -0.05) is 50.2 Å². The molecular formula is C16H18FN. The summed E-state index contributed by atoms with van der Waals surface area (Å²) in [7, 11) is 0. The number of benzene rings is 2. The summed E-state index contributed by atoms with van der Waals surface area (Å²) < 4.78 is 13.2. The van der Waals surface area contributed by atoms with Crippen molar-refractivity contribution in [2.24, 2.45) is 5.73 Å². The summed E-state index contributed by atoms with van der Waals surface area (Å²) in [6.45, 7) is 4.83. The minimum atomic E-state index is -0.209. The lowest BCUT2D eigenvalue weighted by atomic mass is 9.84. The maximum Gasteiger partial charge on any atom is 0.123 e. The summed E-state index contributed by atoms with van der Waals surface area (Å²) >= 11 is 0. The van der Waals surface area contributed by atoms with E-state index in [1.54, 1.807) is 12.1 Å². The van der Waals surface area contributed by atoms with Gasteiger partial charge in [0.25, 0.3) is 0 Å². The molecule has 0 saturated heterocycles. The molecule has 1 nitrogen and oxygen atoms in total. The lowest BCUT2D eigenvalue weighted by molar-refractivity contribution is 0.539. The van der Waals surface area contributed by atoms with Crippen molar-refractivity contribution in [2.75, 3.05) is 6.54 Å². The molecule has 0 unspecified atom stereocenters. The first-order chi connectivity index (χ1) is 8.53. The Bertz CT molecular complexity index is 529. The van der Waals surface area contributed by atoms with E-state index in [0.29, 0.717) is 6.54 Å². The van der Waals surface area contributed by atoms with Gasteiger partial charge in [0.1, 0.15) is 5.82 Å². The highest BCUT2D eigenvalue weighted by Crippen LogP contribution is 2.26. The number of rotatable bonds is 3. The van der Waals surface area contributed by atoms with E-state index >= 15 is 0 Å². The minimum Gasteiger partial charge on any atom is -0.330 e. The fourth-order valence-corrected chi connectivity index (χ4v) is 1.90. The normalized spacial score (nSPS) is 11.6. The van der Waals surface area contributed by atoms with Gasteiger partial charge in [-0.2, -0.15) is 0 Å². The zero-order valence-corrected chi connectivity index (χ0v) is 10.8. The van der Waals surface area contributed by atoms with Crippen molar-refractivity contribution in [3.05, 3.63) is 59.9 Å². The maximum absolute atomic E-state index is 13.2. The van der Waals surface area contributed by atoms with Gasteiger partial charge in [0.05, 0.1) is 0 Å². The highest BCUT2D eigenvalue weighted by Gasteiger charge is 2.17. The molecule has 2 N–H and O–H groups in total. The molecule has 0 amide bonds. The van der Waals surface area contributed by atoms with Crippen LogP contribution in [0.3, 0.4) is 0 Å². The van der Waals surface area contributed by atoms with Crippen LogP contribution in [-0.2, 0) is 5.41 Å². The molecule has 94 valence electrons. The van der Waals surface area contributed by atoms with Crippen LogP contribution in [0.25, 0.3) is 11.1 Å². The van der Waals surface area contributed by atoms with E-state index < -0.39 is 0 Å². The largest absolute Gasteiger partial charge is 0.330 e. The molecule has 0 aliphatic heterocycles. The summed E-state index contributed by atoms with van der Waals surface area (Å²) in [4.78, 5) is 0. The Morgan fingerprint density at radius 3 is 2.22 bits per heavy atom. The van der Waals surface area contributed by atoms with Gasteiger partial charge in [0, 0.05) is 12.0 Å². The monoisotopic (exact) mass is 243 g/mol. The molecule has 0 bridgehead atoms. The molecule has 0 fully saturated rings. The highest BCUT2D eigenvalue weighted by atomic mass is 19.1. The van der Waals surface area contributed by atoms with Crippen molar-refractivity contribution < 1.29 is 4.39 Å². The van der Waals surface area contributed by atoms with Crippen molar-refractivity contribution in [3.8, 4) is 11.1 Å². The van der Waals surface area contributed by atoms with E-state index in [9.17, 15) is 4.39 Å². The van der Waals surface area contributed by atoms with Crippen LogP contribution in [0.15, 0.2) is 48.5 Å². The van der Waals surface area contributed by atoms with Gasteiger partial charge >= 0.3 is 0 Å². The maximum atomic E-state index is 13.2. The third-order valence-corrected chi connectivity index (χ3v) is 3.33. The Morgan fingerprint density at radius 1 is 1.00 bits per heavy atom. The molecule has 0 atom stereocenters. The van der Waals surface area contributed by atoms with Crippen molar-refractivity contribution in [3.63, 3.8) is 0 Å². The second-order valence-electron chi connectivity index (χ2n) is 5.18. The zero-order valence-electron chi connectivity index (χ0n) is 10.8. The van der Waals surface area contributed by atoms with Crippen LogP contribution in [0.4, 0.5) is 4.39 Å². The summed E-state index contributed by atoms with van der Waals surface area (Å²) in [5.41, 5.74) is 8.84. The van der Waals surface area contributed by atoms with E-state index in [1.165, 1.54) is 11.6 Å². The topological polar surface area (TPSA) is 26.0 Å². The average molecular weight is 243 g/mol. The van der Waals surface area contributed by atoms with E-state index in [1.807, 2.05) is 18.2 Å². The van der Waals surface area contributed by atoms with Gasteiger partial charge in [0.2, 0.25) is 0 Å². The number of hydrogen-bond acceptors (Lipinski definition) is 1. The van der Waals surface area contributed by atoms with Crippen LogP contribution in [0.2, 0.25) is 0 Å². The van der Waals surface area contributed by atoms with Crippen LogP contribution in [0.1, 0.15) is 19.4 Å². The van der Waals surface area contributed by atoms with E-state index in [0.717, 1.165) is 11.1 Å². The molecule has 0 radical (unpaired) electrons. The second kappa shape index (κ2) is 4.91. The Labute approximate surface area is 107 Å². The Morgan fingerprint density at radius 2 is 1.67 bits per heavy atom. The summed E-state index contributed by atoms with van der Waals surface area (Å²) in [6.07, 6.45) is 0. The summed E-state index contributed by atoms with van der Waals surface area (Å²) in [6, 6.07) is 14.8. The Hall–Kier alpha value is -1.67. The van der Waals surface area contributed by atoms with E-state index in [-0.39, 0.29) is 11.2 Å². The summed E-state index contributed by atoms with van der Waals surface area (Å²) in [5.74, 6) is -0.209. The molecule has 0 aliphatic rings. The SMILES string of the molecule is CC(C)(CN)c1ccc(-c2cccc(F)c2)cc1. The number of nitrogens with two attached hydrogens (primary N) is 1. The van der Waals surface area contributed by atoms with Gasteiger partial charge < -0.3 is 5.73 Å². The lowest BCUT2D eigenvalue weighted by Gasteiger charge is -2.23. The highest BCUT2D eigenvalue weighted by molar-refractivity contribution is 5.63. The first-order valence-corrected chi connectivity index (χ1v) is 6.09. The molecule has 0 heterocycles. The minimum absolute atomic E-state index is 0.0273. The van der Waals surface area contributed by atoms with E-state index in [4.69, 9.17) is 5.73 Å². The van der Waals surface area contributed by atoms with Crippen molar-refractivity contribution in [1.82, 2.24) is 0 Å². The van der Waals surface area contributed by atoms with Crippen molar-refractivity contribution in [2.45, 2.75) is 19.3 Å². The fourth-order valence-electron chi connectivity index (χ4n) is 1.90. The molecule has 2 aromatic carbocycles. The summed E-state index contributed by atoms with van der Waals surface area (Å²) in [5, 5.41) is 0. The van der Waals surface area contributed by atoms with Gasteiger partial charge in [-0.05, 0) is 28.8 Å². The van der Waals surface area contributed by atoms with Crippen molar-refractivity contribution in [1.29, 1.82) is 0 Å². The zero-order chi connectivity index (χ0) is 13.2. The molecule has 0 aliphatic carbocycles. The van der Waals surface area contributed by atoms with Crippen LogP contribution in [0, 0.1) is 5.82 Å².